The second-order valence-corrected chi connectivity index (χ2v) is 5.40. The topological polar surface area (TPSA) is 116 Å². The minimum Gasteiger partial charge on any atom is -0.343 e. The van der Waals surface area contributed by atoms with Gasteiger partial charge >= 0.3 is 0 Å². The Morgan fingerprint density at radius 2 is 2.20 bits per heavy atom. The van der Waals surface area contributed by atoms with Gasteiger partial charge in [-0.2, -0.15) is 10.1 Å². The molecule has 4 rings (SSSR count). The first-order valence-electron chi connectivity index (χ1n) is 7.53. The normalized spacial score (nSPS) is 11.1. The molecule has 0 aliphatic rings. The summed E-state index contributed by atoms with van der Waals surface area (Å²) in [5.41, 5.74) is 1.73. The van der Waals surface area contributed by atoms with Crippen molar-refractivity contribution < 1.29 is 9.32 Å². The lowest BCUT2D eigenvalue weighted by Crippen LogP contribution is -2.26. The van der Waals surface area contributed by atoms with E-state index in [9.17, 15) is 4.79 Å². The number of hydrogen-bond donors (Lipinski definition) is 1. The van der Waals surface area contributed by atoms with Crippen molar-refractivity contribution in [2.24, 2.45) is 7.05 Å². The number of aryl methyl sites for hydroxylation is 2. The number of hydrogen-bond acceptors (Lipinski definition) is 7. The van der Waals surface area contributed by atoms with Crippen molar-refractivity contribution in [1.29, 1.82) is 0 Å². The summed E-state index contributed by atoms with van der Waals surface area (Å²) in [5.74, 6) is 1.27. The van der Waals surface area contributed by atoms with Crippen molar-refractivity contribution in [1.82, 2.24) is 39.8 Å². The summed E-state index contributed by atoms with van der Waals surface area (Å²) in [6.45, 7) is 1.97. The van der Waals surface area contributed by atoms with Gasteiger partial charge in [-0.05, 0) is 25.1 Å². The van der Waals surface area contributed by atoms with Crippen LogP contribution in [0.1, 0.15) is 22.1 Å². The van der Waals surface area contributed by atoms with Gasteiger partial charge in [0.2, 0.25) is 0 Å². The molecular weight excluding hydrogens is 324 g/mol. The average Bonchev–Trinajstić information content (AvgIpc) is 3.32. The number of amides is 1. The van der Waals surface area contributed by atoms with Crippen molar-refractivity contribution in [2.45, 2.75) is 13.5 Å². The summed E-state index contributed by atoms with van der Waals surface area (Å²) in [5, 5.41) is 18.9. The third kappa shape index (κ3) is 2.63. The fraction of sp³-hybridized carbons (Fsp3) is 0.200. The van der Waals surface area contributed by atoms with Gasteiger partial charge in [-0.1, -0.05) is 5.16 Å². The summed E-state index contributed by atoms with van der Waals surface area (Å²) >= 11 is 0. The van der Waals surface area contributed by atoms with E-state index in [1.807, 2.05) is 18.3 Å². The number of carbonyl (C=O) groups is 1. The summed E-state index contributed by atoms with van der Waals surface area (Å²) in [4.78, 5) is 16.4. The van der Waals surface area contributed by atoms with Crippen molar-refractivity contribution in [3.63, 3.8) is 0 Å². The number of fused-ring (bicyclic) bond motifs is 1. The Morgan fingerprint density at radius 1 is 1.32 bits per heavy atom. The zero-order valence-electron chi connectivity index (χ0n) is 13.5. The van der Waals surface area contributed by atoms with Gasteiger partial charge in [-0.25, -0.2) is 0 Å². The Hall–Kier alpha value is -3.56. The van der Waals surface area contributed by atoms with Crippen LogP contribution in [0.25, 0.3) is 17.1 Å². The number of nitrogens with one attached hydrogen (secondary N) is 1. The van der Waals surface area contributed by atoms with Gasteiger partial charge in [0.1, 0.15) is 5.69 Å². The summed E-state index contributed by atoms with van der Waals surface area (Å²) in [6, 6.07) is 5.31. The Labute approximate surface area is 141 Å². The zero-order chi connectivity index (χ0) is 17.4. The molecule has 4 heterocycles. The first kappa shape index (κ1) is 15.0. The highest BCUT2D eigenvalue weighted by molar-refractivity contribution is 5.92. The van der Waals surface area contributed by atoms with Crippen LogP contribution in [-0.4, -0.2) is 40.4 Å². The summed E-state index contributed by atoms with van der Waals surface area (Å²) in [7, 11) is 1.71. The molecule has 0 aliphatic heterocycles. The van der Waals surface area contributed by atoms with E-state index in [-0.39, 0.29) is 12.5 Å². The van der Waals surface area contributed by atoms with E-state index in [0.717, 1.165) is 0 Å². The lowest BCUT2D eigenvalue weighted by molar-refractivity contribution is 0.0940. The second kappa shape index (κ2) is 5.82. The molecule has 0 radical (unpaired) electrons. The van der Waals surface area contributed by atoms with E-state index < -0.39 is 0 Å². The van der Waals surface area contributed by atoms with Gasteiger partial charge < -0.3 is 9.84 Å². The fourth-order valence-electron chi connectivity index (χ4n) is 2.50. The molecule has 1 N–H and O–H groups in total. The molecule has 4 aromatic rings. The van der Waals surface area contributed by atoms with Gasteiger partial charge in [0, 0.05) is 19.4 Å². The number of aromatic nitrogens is 7. The Bertz CT molecular complexity index is 1060. The summed E-state index contributed by atoms with van der Waals surface area (Å²) < 4.78 is 8.49. The van der Waals surface area contributed by atoms with Crippen molar-refractivity contribution in [2.75, 3.05) is 0 Å². The Balaban J connectivity index is 1.61. The molecule has 10 nitrogen and oxygen atoms in total. The fourth-order valence-corrected chi connectivity index (χ4v) is 2.50. The van der Waals surface area contributed by atoms with Crippen LogP contribution < -0.4 is 5.32 Å². The monoisotopic (exact) mass is 338 g/mol. The quantitative estimate of drug-likeness (QED) is 0.583. The molecule has 25 heavy (non-hydrogen) atoms. The third-order valence-electron chi connectivity index (χ3n) is 3.72. The standard InChI is InChI=1S/C15H14N8O2/c1-9-18-15(25-21-9)10-4-3-7-23-12(19-20-13(10)23)8-16-14(24)11-5-6-17-22(11)2/h3-7H,8H2,1-2H3,(H,16,24). The lowest BCUT2D eigenvalue weighted by Gasteiger charge is -2.05. The van der Waals surface area contributed by atoms with Crippen LogP contribution in [0.2, 0.25) is 0 Å². The van der Waals surface area contributed by atoms with E-state index in [2.05, 4.69) is 30.8 Å². The van der Waals surface area contributed by atoms with Crippen molar-refractivity contribution in [3.8, 4) is 11.5 Å². The van der Waals surface area contributed by atoms with Gasteiger partial charge in [-0.3, -0.25) is 13.9 Å². The maximum atomic E-state index is 12.2. The van der Waals surface area contributed by atoms with E-state index >= 15 is 0 Å². The van der Waals surface area contributed by atoms with Crippen LogP contribution >= 0.6 is 0 Å². The molecule has 10 heteroatoms. The SMILES string of the molecule is Cc1noc(-c2cccn3c(CNC(=O)c4ccnn4C)nnc23)n1. The molecule has 4 aromatic heterocycles. The van der Waals surface area contributed by atoms with Crippen LogP contribution in [0.4, 0.5) is 0 Å². The van der Waals surface area contributed by atoms with Crippen LogP contribution in [0, 0.1) is 6.92 Å². The van der Waals surface area contributed by atoms with Crippen molar-refractivity contribution >= 4 is 11.6 Å². The minimum absolute atomic E-state index is 0.220. The molecule has 0 saturated heterocycles. The Morgan fingerprint density at radius 3 is 2.92 bits per heavy atom. The molecule has 0 bridgehead atoms. The van der Waals surface area contributed by atoms with E-state index in [4.69, 9.17) is 4.52 Å². The number of carbonyl (C=O) groups excluding carboxylic acids is 1. The van der Waals surface area contributed by atoms with E-state index in [1.165, 1.54) is 4.68 Å². The van der Waals surface area contributed by atoms with Gasteiger partial charge in [0.25, 0.3) is 11.8 Å². The molecule has 126 valence electrons. The Kier molecular flexibility index (Phi) is 3.49. The molecule has 0 aromatic carbocycles. The molecule has 0 aliphatic carbocycles. The predicted octanol–water partition coefficient (Wildman–Crippen LogP) is 0.751. The molecule has 0 atom stereocenters. The molecule has 0 saturated carbocycles. The average molecular weight is 338 g/mol. The summed E-state index contributed by atoms with van der Waals surface area (Å²) in [6.07, 6.45) is 3.38. The van der Waals surface area contributed by atoms with Crippen LogP contribution in [0.3, 0.4) is 0 Å². The maximum absolute atomic E-state index is 12.2. The van der Waals surface area contributed by atoms with E-state index in [0.29, 0.717) is 34.4 Å². The largest absolute Gasteiger partial charge is 0.343 e. The highest BCUT2D eigenvalue weighted by atomic mass is 16.5. The molecule has 0 unspecified atom stereocenters. The third-order valence-corrected chi connectivity index (χ3v) is 3.72. The maximum Gasteiger partial charge on any atom is 0.269 e. The molecule has 0 fully saturated rings. The smallest absolute Gasteiger partial charge is 0.269 e. The van der Waals surface area contributed by atoms with Crippen LogP contribution in [0.15, 0.2) is 35.1 Å². The molecule has 0 spiro atoms. The van der Waals surface area contributed by atoms with Gasteiger partial charge in [-0.15, -0.1) is 10.2 Å². The zero-order valence-corrected chi connectivity index (χ0v) is 13.5. The molecular formula is C15H14N8O2. The second-order valence-electron chi connectivity index (χ2n) is 5.40. The predicted molar refractivity (Wildman–Crippen MR) is 85.4 cm³/mol. The minimum atomic E-state index is -0.236. The molecule has 1 amide bonds. The van der Waals surface area contributed by atoms with Crippen LogP contribution in [-0.2, 0) is 13.6 Å². The van der Waals surface area contributed by atoms with Crippen molar-refractivity contribution in [3.05, 3.63) is 47.9 Å². The first-order valence-corrected chi connectivity index (χ1v) is 7.53. The van der Waals surface area contributed by atoms with Gasteiger partial charge in [0.05, 0.1) is 12.1 Å². The number of nitrogens with zero attached hydrogens (tertiary/aromatic N) is 7. The highest BCUT2D eigenvalue weighted by Crippen LogP contribution is 2.22. The first-order chi connectivity index (χ1) is 12.1. The van der Waals surface area contributed by atoms with Crippen LogP contribution in [0.5, 0.6) is 0 Å². The number of pyridine rings is 1. The van der Waals surface area contributed by atoms with Gasteiger partial charge in [0.15, 0.2) is 17.3 Å². The number of rotatable bonds is 4. The van der Waals surface area contributed by atoms with E-state index in [1.54, 1.807) is 30.6 Å². The highest BCUT2D eigenvalue weighted by Gasteiger charge is 2.16. The lowest BCUT2D eigenvalue weighted by atomic mass is 10.2.